The first-order valence-corrected chi connectivity index (χ1v) is 7.52. The summed E-state index contributed by atoms with van der Waals surface area (Å²) in [4.78, 5) is 25.6. The van der Waals surface area contributed by atoms with Crippen LogP contribution in [0.25, 0.3) is 0 Å². The van der Waals surface area contributed by atoms with Gasteiger partial charge in [-0.1, -0.05) is 18.5 Å². The minimum absolute atomic E-state index is 0.0545. The van der Waals surface area contributed by atoms with Crippen molar-refractivity contribution in [1.29, 1.82) is 0 Å². The number of nitrogens with two attached hydrogens (primary N) is 1. The minimum Gasteiger partial charge on any atom is -0.398 e. The van der Waals surface area contributed by atoms with E-state index in [0.29, 0.717) is 35.8 Å². The number of piperidine rings is 1. The molecule has 1 aromatic carbocycles. The number of nitrogens with one attached hydrogen (secondary N) is 1. The molecule has 1 aliphatic rings. The molecule has 1 fully saturated rings. The third-order valence-corrected chi connectivity index (χ3v) is 3.95. The van der Waals surface area contributed by atoms with Crippen LogP contribution < -0.4 is 11.1 Å². The third-order valence-electron chi connectivity index (χ3n) is 3.71. The van der Waals surface area contributed by atoms with Gasteiger partial charge in [-0.05, 0) is 31.0 Å². The van der Waals surface area contributed by atoms with Crippen LogP contribution in [-0.4, -0.2) is 35.8 Å². The molecule has 0 unspecified atom stereocenters. The fourth-order valence-corrected chi connectivity index (χ4v) is 2.61. The van der Waals surface area contributed by atoms with Crippen LogP contribution in [0.5, 0.6) is 0 Å². The number of nitrogens with zero attached hydrogens (tertiary/aromatic N) is 1. The first-order valence-electron chi connectivity index (χ1n) is 7.15. The number of halogens is 1. The third kappa shape index (κ3) is 3.88. The maximum absolute atomic E-state index is 12.5. The maximum atomic E-state index is 12.5. The van der Waals surface area contributed by atoms with E-state index in [1.165, 1.54) is 0 Å². The van der Waals surface area contributed by atoms with Crippen molar-refractivity contribution < 1.29 is 9.59 Å². The van der Waals surface area contributed by atoms with E-state index in [2.05, 4.69) is 5.32 Å². The van der Waals surface area contributed by atoms with Crippen LogP contribution in [0.4, 0.5) is 5.69 Å². The lowest BCUT2D eigenvalue weighted by atomic mass is 10.0. The Hall–Kier alpha value is -1.75. The summed E-state index contributed by atoms with van der Waals surface area (Å²) in [5.74, 6) is -0.0471. The Kier molecular flexibility index (Phi) is 5.07. The van der Waals surface area contributed by atoms with Crippen LogP contribution in [0.3, 0.4) is 0 Å². The van der Waals surface area contributed by atoms with Gasteiger partial charge in [0.2, 0.25) is 5.91 Å². The quantitative estimate of drug-likeness (QED) is 0.839. The van der Waals surface area contributed by atoms with Gasteiger partial charge in [0, 0.05) is 36.3 Å². The molecule has 21 heavy (non-hydrogen) atoms. The number of likely N-dealkylation sites (tertiary alicyclic amines) is 1. The van der Waals surface area contributed by atoms with E-state index in [1.807, 2.05) is 6.92 Å². The van der Waals surface area contributed by atoms with Crippen molar-refractivity contribution in [3.63, 3.8) is 0 Å². The second-order valence-corrected chi connectivity index (χ2v) is 5.66. The lowest BCUT2D eigenvalue weighted by Gasteiger charge is -2.32. The van der Waals surface area contributed by atoms with E-state index < -0.39 is 0 Å². The standard InChI is InChI=1S/C15H20ClN3O2/c1-2-14(20)18-11-5-7-19(8-6-11)15(21)12-9-10(16)3-4-13(12)17/h3-4,9,11H,2,5-8,17H2,1H3,(H,18,20). The molecule has 0 aromatic heterocycles. The highest BCUT2D eigenvalue weighted by molar-refractivity contribution is 6.31. The zero-order valence-corrected chi connectivity index (χ0v) is 12.8. The van der Waals surface area contributed by atoms with Gasteiger partial charge >= 0.3 is 0 Å². The van der Waals surface area contributed by atoms with Gasteiger partial charge in [0.15, 0.2) is 0 Å². The summed E-state index contributed by atoms with van der Waals surface area (Å²) in [7, 11) is 0. The Labute approximate surface area is 129 Å². The van der Waals surface area contributed by atoms with Crippen molar-refractivity contribution in [1.82, 2.24) is 10.2 Å². The first kappa shape index (κ1) is 15.6. The smallest absolute Gasteiger partial charge is 0.255 e. The molecule has 0 atom stereocenters. The predicted molar refractivity (Wildman–Crippen MR) is 83.2 cm³/mol. The van der Waals surface area contributed by atoms with E-state index in [0.717, 1.165) is 12.8 Å². The molecule has 5 nitrogen and oxygen atoms in total. The number of benzene rings is 1. The summed E-state index contributed by atoms with van der Waals surface area (Å²) in [6.45, 7) is 3.05. The lowest BCUT2D eigenvalue weighted by Crippen LogP contribution is -2.46. The minimum atomic E-state index is -0.102. The molecule has 2 amide bonds. The molecule has 1 aromatic rings. The fourth-order valence-electron chi connectivity index (χ4n) is 2.44. The monoisotopic (exact) mass is 309 g/mol. The number of carbonyl (C=O) groups is 2. The van der Waals surface area contributed by atoms with Crippen LogP contribution in [0, 0.1) is 0 Å². The highest BCUT2D eigenvalue weighted by Crippen LogP contribution is 2.21. The number of amides is 2. The molecule has 1 saturated heterocycles. The molecule has 0 saturated carbocycles. The zero-order chi connectivity index (χ0) is 15.4. The Morgan fingerprint density at radius 3 is 2.67 bits per heavy atom. The van der Waals surface area contributed by atoms with Crippen LogP contribution >= 0.6 is 11.6 Å². The van der Waals surface area contributed by atoms with Gasteiger partial charge in [-0.2, -0.15) is 0 Å². The Bertz CT molecular complexity index is 540. The van der Waals surface area contributed by atoms with Crippen molar-refractivity contribution in [2.24, 2.45) is 0 Å². The largest absolute Gasteiger partial charge is 0.398 e. The van der Waals surface area contributed by atoms with Crippen LogP contribution in [0.1, 0.15) is 36.5 Å². The molecular weight excluding hydrogens is 290 g/mol. The summed E-state index contributed by atoms with van der Waals surface area (Å²) in [5.41, 5.74) is 6.72. The van der Waals surface area contributed by atoms with Gasteiger partial charge in [-0.15, -0.1) is 0 Å². The number of rotatable bonds is 3. The van der Waals surface area contributed by atoms with Crippen LogP contribution in [0.2, 0.25) is 5.02 Å². The summed E-state index contributed by atoms with van der Waals surface area (Å²) >= 11 is 5.92. The maximum Gasteiger partial charge on any atom is 0.255 e. The first-order chi connectivity index (χ1) is 10.0. The molecule has 114 valence electrons. The summed E-state index contributed by atoms with van der Waals surface area (Å²) in [5, 5.41) is 3.46. The molecule has 1 aliphatic heterocycles. The zero-order valence-electron chi connectivity index (χ0n) is 12.1. The average molecular weight is 310 g/mol. The van der Waals surface area contributed by atoms with E-state index >= 15 is 0 Å². The average Bonchev–Trinajstić information content (AvgIpc) is 2.49. The highest BCUT2D eigenvalue weighted by atomic mass is 35.5. The number of anilines is 1. The molecule has 0 spiro atoms. The Balaban J connectivity index is 1.97. The van der Waals surface area contributed by atoms with E-state index in [-0.39, 0.29) is 17.9 Å². The van der Waals surface area contributed by atoms with Crippen molar-refractivity contribution in [3.8, 4) is 0 Å². The molecule has 2 rings (SSSR count). The van der Waals surface area contributed by atoms with Gasteiger partial charge in [0.05, 0.1) is 5.56 Å². The van der Waals surface area contributed by atoms with E-state index in [4.69, 9.17) is 17.3 Å². The van der Waals surface area contributed by atoms with Crippen LogP contribution in [0.15, 0.2) is 18.2 Å². The van der Waals surface area contributed by atoms with Crippen molar-refractivity contribution in [2.75, 3.05) is 18.8 Å². The lowest BCUT2D eigenvalue weighted by molar-refractivity contribution is -0.121. The second kappa shape index (κ2) is 6.80. The van der Waals surface area contributed by atoms with Gasteiger partial charge in [0.25, 0.3) is 5.91 Å². The normalized spacial score (nSPS) is 15.8. The van der Waals surface area contributed by atoms with E-state index in [9.17, 15) is 9.59 Å². The predicted octanol–water partition coefficient (Wildman–Crippen LogP) is 2.05. The number of hydrogen-bond acceptors (Lipinski definition) is 3. The van der Waals surface area contributed by atoms with E-state index in [1.54, 1.807) is 23.1 Å². The number of hydrogen-bond donors (Lipinski definition) is 2. The highest BCUT2D eigenvalue weighted by Gasteiger charge is 2.25. The fraction of sp³-hybridized carbons (Fsp3) is 0.467. The number of nitrogen functional groups attached to an aromatic ring is 1. The Morgan fingerprint density at radius 1 is 1.38 bits per heavy atom. The van der Waals surface area contributed by atoms with Crippen molar-refractivity contribution in [2.45, 2.75) is 32.2 Å². The summed E-state index contributed by atoms with van der Waals surface area (Å²) < 4.78 is 0. The molecule has 6 heteroatoms. The van der Waals surface area contributed by atoms with Crippen LogP contribution in [-0.2, 0) is 4.79 Å². The second-order valence-electron chi connectivity index (χ2n) is 5.22. The Morgan fingerprint density at radius 2 is 2.05 bits per heavy atom. The van der Waals surface area contributed by atoms with Gasteiger partial charge in [-0.3, -0.25) is 9.59 Å². The van der Waals surface area contributed by atoms with Gasteiger partial charge in [0.1, 0.15) is 0 Å². The topological polar surface area (TPSA) is 75.4 Å². The summed E-state index contributed by atoms with van der Waals surface area (Å²) in [6, 6.07) is 5.06. The molecule has 0 aliphatic carbocycles. The van der Waals surface area contributed by atoms with Crippen molar-refractivity contribution >= 4 is 29.1 Å². The SMILES string of the molecule is CCC(=O)NC1CCN(C(=O)c2cc(Cl)ccc2N)CC1. The molecule has 0 bridgehead atoms. The number of carbonyl (C=O) groups excluding carboxylic acids is 2. The molecule has 1 heterocycles. The molecule has 0 radical (unpaired) electrons. The van der Waals surface area contributed by atoms with Crippen molar-refractivity contribution in [3.05, 3.63) is 28.8 Å². The van der Waals surface area contributed by atoms with Gasteiger partial charge < -0.3 is 16.0 Å². The van der Waals surface area contributed by atoms with Gasteiger partial charge in [-0.25, -0.2) is 0 Å². The molecular formula is C15H20ClN3O2. The summed E-state index contributed by atoms with van der Waals surface area (Å²) in [6.07, 6.45) is 2.01. The molecule has 3 N–H and O–H groups in total.